The minimum absolute atomic E-state index is 0.139. The van der Waals surface area contributed by atoms with E-state index < -0.39 is 12.0 Å². The molecule has 0 aliphatic rings. The molecule has 15 heavy (non-hydrogen) atoms. The smallest absolute Gasteiger partial charge is 0.255 e. The molecule has 1 aromatic rings. The van der Waals surface area contributed by atoms with E-state index in [9.17, 15) is 9.90 Å². The van der Waals surface area contributed by atoms with E-state index in [4.69, 9.17) is 16.7 Å². The zero-order valence-corrected chi connectivity index (χ0v) is 8.95. The summed E-state index contributed by atoms with van der Waals surface area (Å²) < 4.78 is 0. The van der Waals surface area contributed by atoms with Crippen LogP contribution < -0.4 is 5.32 Å². The summed E-state index contributed by atoms with van der Waals surface area (Å²) in [7, 11) is 0. The highest BCUT2D eigenvalue weighted by atomic mass is 35.5. The molecule has 82 valence electrons. The number of phenolic OH excluding ortho intramolecular Hbond substituents is 1. The molecule has 0 radical (unpaired) electrons. The largest absolute Gasteiger partial charge is 0.507 e. The zero-order chi connectivity index (χ0) is 11.4. The Morgan fingerprint density at radius 2 is 2.27 bits per heavy atom. The summed E-state index contributed by atoms with van der Waals surface area (Å²) in [6.07, 6.45) is -0.622. The fourth-order valence-electron chi connectivity index (χ4n) is 1.03. The molecule has 0 aliphatic heterocycles. The van der Waals surface area contributed by atoms with Gasteiger partial charge in [0.25, 0.3) is 5.91 Å². The number of nitrogens with one attached hydrogen (secondary N) is 1. The van der Waals surface area contributed by atoms with Gasteiger partial charge in [0.2, 0.25) is 0 Å². The molecule has 1 amide bonds. The number of aromatic hydroxyl groups is 1. The minimum Gasteiger partial charge on any atom is -0.507 e. The molecule has 0 spiro atoms. The van der Waals surface area contributed by atoms with Gasteiger partial charge < -0.3 is 15.5 Å². The lowest BCUT2D eigenvalue weighted by molar-refractivity contribution is 0.0921. The molecule has 1 unspecified atom stereocenters. The van der Waals surface area contributed by atoms with E-state index in [2.05, 4.69) is 5.32 Å². The molecule has 0 heterocycles. The first-order valence-corrected chi connectivity index (χ1v) is 4.83. The second-order valence-corrected chi connectivity index (χ2v) is 3.66. The van der Waals surface area contributed by atoms with Gasteiger partial charge in [-0.25, -0.2) is 0 Å². The van der Waals surface area contributed by atoms with Crippen molar-refractivity contribution < 1.29 is 15.0 Å². The summed E-state index contributed by atoms with van der Waals surface area (Å²) in [5.41, 5.74) is 0.139. The number of amides is 1. The maximum atomic E-state index is 11.5. The summed E-state index contributed by atoms with van der Waals surface area (Å²) in [5.74, 6) is -0.615. The monoisotopic (exact) mass is 229 g/mol. The van der Waals surface area contributed by atoms with Gasteiger partial charge in [-0.3, -0.25) is 4.79 Å². The third kappa shape index (κ3) is 3.42. The second-order valence-electron chi connectivity index (χ2n) is 3.22. The fraction of sp³-hybridized carbons (Fsp3) is 0.300. The molecule has 3 N–H and O–H groups in total. The first-order chi connectivity index (χ1) is 7.00. The summed E-state index contributed by atoms with van der Waals surface area (Å²) in [4.78, 5) is 11.5. The highest BCUT2D eigenvalue weighted by Crippen LogP contribution is 2.21. The number of hydrogen-bond acceptors (Lipinski definition) is 3. The molecule has 0 bridgehead atoms. The Morgan fingerprint density at radius 3 is 2.80 bits per heavy atom. The summed E-state index contributed by atoms with van der Waals surface area (Å²) in [6, 6.07) is 4.23. The lowest BCUT2D eigenvalue weighted by Crippen LogP contribution is -2.30. The number of carbonyl (C=O) groups is 1. The van der Waals surface area contributed by atoms with E-state index in [1.807, 2.05) is 0 Å². The quantitative estimate of drug-likeness (QED) is 0.729. The number of phenols is 1. The minimum atomic E-state index is -0.622. The molecule has 0 saturated heterocycles. The number of rotatable bonds is 3. The van der Waals surface area contributed by atoms with Crippen LogP contribution in [0.5, 0.6) is 5.75 Å². The molecule has 1 rings (SSSR count). The number of hydrogen-bond donors (Lipinski definition) is 3. The van der Waals surface area contributed by atoms with Crippen molar-refractivity contribution in [2.24, 2.45) is 0 Å². The molecule has 0 fully saturated rings. The Labute approximate surface area is 92.5 Å². The van der Waals surface area contributed by atoms with Crippen molar-refractivity contribution in [1.29, 1.82) is 0 Å². The van der Waals surface area contributed by atoms with E-state index in [0.717, 1.165) is 0 Å². The van der Waals surface area contributed by atoms with E-state index in [1.165, 1.54) is 18.2 Å². The average molecular weight is 230 g/mol. The van der Waals surface area contributed by atoms with Gasteiger partial charge in [0.1, 0.15) is 5.75 Å². The highest BCUT2D eigenvalue weighted by Gasteiger charge is 2.11. The Morgan fingerprint density at radius 1 is 1.60 bits per heavy atom. The highest BCUT2D eigenvalue weighted by molar-refractivity contribution is 6.30. The second kappa shape index (κ2) is 5.00. The maximum Gasteiger partial charge on any atom is 0.255 e. The van der Waals surface area contributed by atoms with Crippen LogP contribution in [0.1, 0.15) is 17.3 Å². The third-order valence-corrected chi connectivity index (χ3v) is 2.00. The van der Waals surface area contributed by atoms with Crippen LogP contribution >= 0.6 is 11.6 Å². The van der Waals surface area contributed by atoms with Crippen molar-refractivity contribution in [3.8, 4) is 5.75 Å². The van der Waals surface area contributed by atoms with Gasteiger partial charge in [-0.1, -0.05) is 11.6 Å². The van der Waals surface area contributed by atoms with Crippen molar-refractivity contribution in [3.63, 3.8) is 0 Å². The molecule has 4 nitrogen and oxygen atoms in total. The number of aliphatic hydroxyl groups is 1. The van der Waals surface area contributed by atoms with Gasteiger partial charge >= 0.3 is 0 Å². The van der Waals surface area contributed by atoms with Crippen LogP contribution in [-0.4, -0.2) is 28.8 Å². The number of aliphatic hydroxyl groups excluding tert-OH is 1. The van der Waals surface area contributed by atoms with Gasteiger partial charge in [0.15, 0.2) is 0 Å². The van der Waals surface area contributed by atoms with Gasteiger partial charge in [-0.2, -0.15) is 0 Å². The van der Waals surface area contributed by atoms with E-state index >= 15 is 0 Å². The SMILES string of the molecule is CC(O)CNC(=O)c1ccc(Cl)cc1O. The van der Waals surface area contributed by atoms with Crippen molar-refractivity contribution in [3.05, 3.63) is 28.8 Å². The molecular weight excluding hydrogens is 218 g/mol. The number of benzene rings is 1. The van der Waals surface area contributed by atoms with Crippen LogP contribution in [0.2, 0.25) is 5.02 Å². The predicted octanol–water partition coefficient (Wildman–Crippen LogP) is 1.16. The molecule has 0 aromatic heterocycles. The summed E-state index contributed by atoms with van der Waals surface area (Å²) >= 11 is 5.62. The molecule has 5 heteroatoms. The molecule has 0 aliphatic carbocycles. The Bertz CT molecular complexity index is 366. The summed E-state index contributed by atoms with van der Waals surface area (Å²) in [5, 5.41) is 21.2. The van der Waals surface area contributed by atoms with Crippen molar-refractivity contribution in [2.75, 3.05) is 6.54 Å². The van der Waals surface area contributed by atoms with E-state index in [1.54, 1.807) is 6.92 Å². The van der Waals surface area contributed by atoms with Crippen molar-refractivity contribution >= 4 is 17.5 Å². The first kappa shape index (κ1) is 11.8. The lowest BCUT2D eigenvalue weighted by atomic mass is 10.2. The van der Waals surface area contributed by atoms with Crippen molar-refractivity contribution in [1.82, 2.24) is 5.32 Å². The molecular formula is C10H12ClNO3. The van der Waals surface area contributed by atoms with Crippen LogP contribution in [0.15, 0.2) is 18.2 Å². The lowest BCUT2D eigenvalue weighted by Gasteiger charge is -2.08. The van der Waals surface area contributed by atoms with E-state index in [0.29, 0.717) is 5.02 Å². The molecule has 1 aromatic carbocycles. The van der Waals surface area contributed by atoms with Crippen LogP contribution in [0.25, 0.3) is 0 Å². The Kier molecular flexibility index (Phi) is 3.94. The van der Waals surface area contributed by atoms with Gasteiger partial charge in [-0.05, 0) is 25.1 Å². The third-order valence-electron chi connectivity index (χ3n) is 1.76. The number of carbonyl (C=O) groups excluding carboxylic acids is 1. The predicted molar refractivity (Wildman–Crippen MR) is 57.1 cm³/mol. The summed E-state index contributed by atoms with van der Waals surface area (Å²) in [6.45, 7) is 1.70. The topological polar surface area (TPSA) is 69.6 Å². The van der Waals surface area contributed by atoms with Gasteiger partial charge in [0, 0.05) is 11.6 Å². The Balaban J connectivity index is 2.74. The zero-order valence-electron chi connectivity index (χ0n) is 8.20. The standard InChI is InChI=1S/C10H12ClNO3/c1-6(13)5-12-10(15)8-3-2-7(11)4-9(8)14/h2-4,6,13-14H,5H2,1H3,(H,12,15). The van der Waals surface area contributed by atoms with Crippen LogP contribution in [-0.2, 0) is 0 Å². The number of halogens is 1. The van der Waals surface area contributed by atoms with E-state index in [-0.39, 0.29) is 17.9 Å². The average Bonchev–Trinajstić information content (AvgIpc) is 2.14. The molecule has 0 saturated carbocycles. The normalized spacial score (nSPS) is 12.2. The van der Waals surface area contributed by atoms with Crippen molar-refractivity contribution in [2.45, 2.75) is 13.0 Å². The van der Waals surface area contributed by atoms with Gasteiger partial charge in [0.05, 0.1) is 11.7 Å². The van der Waals surface area contributed by atoms with Crippen LogP contribution in [0, 0.1) is 0 Å². The Hall–Kier alpha value is -1.26. The first-order valence-electron chi connectivity index (χ1n) is 4.45. The fourth-order valence-corrected chi connectivity index (χ4v) is 1.20. The van der Waals surface area contributed by atoms with Crippen LogP contribution in [0.3, 0.4) is 0 Å². The maximum absolute atomic E-state index is 11.5. The van der Waals surface area contributed by atoms with Gasteiger partial charge in [-0.15, -0.1) is 0 Å². The molecule has 1 atom stereocenters. The van der Waals surface area contributed by atoms with Crippen LogP contribution in [0.4, 0.5) is 0 Å².